The first-order valence-corrected chi connectivity index (χ1v) is 15.5. The first-order chi connectivity index (χ1) is 20.5. The van der Waals surface area contributed by atoms with Crippen molar-refractivity contribution in [2.75, 3.05) is 7.11 Å². The zero-order chi connectivity index (χ0) is 30.5. The number of sulfonamides is 1. The van der Waals surface area contributed by atoms with E-state index in [-0.39, 0.29) is 23.3 Å². The van der Waals surface area contributed by atoms with Crippen LogP contribution < -0.4 is 4.74 Å². The molecule has 0 amide bonds. The fourth-order valence-corrected chi connectivity index (χ4v) is 7.89. The third-order valence-electron chi connectivity index (χ3n) is 8.78. The van der Waals surface area contributed by atoms with Gasteiger partial charge in [-0.15, -0.1) is 5.10 Å². The summed E-state index contributed by atoms with van der Waals surface area (Å²) in [6.07, 6.45) is 6.88. The van der Waals surface area contributed by atoms with Crippen LogP contribution in [0.5, 0.6) is 5.75 Å². The van der Waals surface area contributed by atoms with Crippen LogP contribution in [0.1, 0.15) is 48.6 Å². The minimum absolute atomic E-state index is 0.0161. The van der Waals surface area contributed by atoms with Gasteiger partial charge in [0.05, 0.1) is 30.1 Å². The number of halogens is 1. The molecule has 2 aliphatic carbocycles. The maximum Gasteiger partial charge on any atom is 0.282 e. The Labute approximate surface area is 249 Å². The maximum absolute atomic E-state index is 14.1. The van der Waals surface area contributed by atoms with Gasteiger partial charge in [0.2, 0.25) is 0 Å². The lowest BCUT2D eigenvalue weighted by atomic mass is 9.61. The number of ketones is 1. The molecule has 6 rings (SSSR count). The number of ether oxygens (including phenoxy) is 1. The van der Waals surface area contributed by atoms with E-state index in [1.807, 2.05) is 31.2 Å². The van der Waals surface area contributed by atoms with E-state index in [0.717, 1.165) is 33.6 Å². The Morgan fingerprint density at radius 3 is 2.63 bits per heavy atom. The zero-order valence-corrected chi connectivity index (χ0v) is 25.3. The molecule has 0 radical (unpaired) electrons. The number of hydrogen-bond acceptors (Lipinski definition) is 7. The Morgan fingerprint density at radius 2 is 1.98 bits per heavy atom. The number of benzene rings is 2. The van der Waals surface area contributed by atoms with E-state index in [1.54, 1.807) is 44.1 Å². The van der Waals surface area contributed by atoms with Crippen LogP contribution in [0.15, 0.2) is 65.7 Å². The number of carbonyl (C=O) groups excluding carboxylic acids is 1. The van der Waals surface area contributed by atoms with Crippen LogP contribution in [-0.4, -0.2) is 56.2 Å². The van der Waals surface area contributed by atoms with Crippen molar-refractivity contribution >= 4 is 21.9 Å². The molecule has 0 N–H and O–H groups in total. The van der Waals surface area contributed by atoms with Gasteiger partial charge in [-0.05, 0) is 98.7 Å². The Morgan fingerprint density at radius 1 is 1.21 bits per heavy atom. The number of fused-ring (bicyclic) bond motifs is 2. The van der Waals surface area contributed by atoms with E-state index in [2.05, 4.69) is 15.2 Å². The number of Topliss-reactive ketones (excluding diaryl/α,β-unsaturated/α-hetero) is 1. The van der Waals surface area contributed by atoms with Crippen LogP contribution in [-0.2, 0) is 34.8 Å². The van der Waals surface area contributed by atoms with Gasteiger partial charge in [0.15, 0.2) is 0 Å². The fourth-order valence-electron chi connectivity index (χ4n) is 6.39. The SMILES string of the molecule is COc1ccc(CN([C@H]2CCC3=Cc4c(cnn4-c4ccc(F)cc4)C[C@]3(C(C)=O)C2)S(=O)(=O)c2ncn(C)n2)c(C)c1. The minimum Gasteiger partial charge on any atom is -0.497 e. The highest BCUT2D eigenvalue weighted by molar-refractivity contribution is 7.88. The Balaban J connectivity index is 1.39. The second-order valence-corrected chi connectivity index (χ2v) is 13.2. The van der Waals surface area contributed by atoms with Crippen LogP contribution in [0.2, 0.25) is 0 Å². The van der Waals surface area contributed by atoms with Crippen molar-refractivity contribution in [1.82, 2.24) is 28.9 Å². The van der Waals surface area contributed by atoms with Crippen molar-refractivity contribution in [2.45, 2.75) is 57.3 Å². The lowest BCUT2D eigenvalue weighted by molar-refractivity contribution is -0.126. The summed E-state index contributed by atoms with van der Waals surface area (Å²) < 4.78 is 51.8. The molecular formula is C31H33FN6O4S. The van der Waals surface area contributed by atoms with Crippen molar-refractivity contribution in [3.63, 3.8) is 0 Å². The summed E-state index contributed by atoms with van der Waals surface area (Å²) >= 11 is 0. The van der Waals surface area contributed by atoms with Gasteiger partial charge in [-0.2, -0.15) is 9.40 Å². The molecule has 224 valence electrons. The van der Waals surface area contributed by atoms with Crippen molar-refractivity contribution in [3.05, 3.63) is 88.8 Å². The number of aromatic nitrogens is 5. The average Bonchev–Trinajstić information content (AvgIpc) is 3.61. The number of allylic oxidation sites excluding steroid dienone is 1. The molecule has 2 aromatic heterocycles. The molecule has 10 nitrogen and oxygen atoms in total. The van der Waals surface area contributed by atoms with E-state index in [9.17, 15) is 17.6 Å². The molecule has 1 saturated carbocycles. The van der Waals surface area contributed by atoms with Crippen LogP contribution in [0, 0.1) is 18.2 Å². The third kappa shape index (κ3) is 5.08. The second kappa shape index (κ2) is 10.8. The number of rotatable bonds is 8. The topological polar surface area (TPSA) is 112 Å². The monoisotopic (exact) mass is 604 g/mol. The van der Waals surface area contributed by atoms with Crippen molar-refractivity contribution < 1.29 is 22.3 Å². The number of aryl methyl sites for hydroxylation is 2. The summed E-state index contributed by atoms with van der Waals surface area (Å²) in [6, 6.07) is 11.2. The minimum atomic E-state index is -4.12. The maximum atomic E-state index is 14.1. The molecule has 43 heavy (non-hydrogen) atoms. The van der Waals surface area contributed by atoms with Crippen molar-refractivity contribution in [1.29, 1.82) is 0 Å². The predicted octanol–water partition coefficient (Wildman–Crippen LogP) is 4.42. The first kappa shape index (κ1) is 28.9. The molecular weight excluding hydrogens is 571 g/mol. The molecule has 0 aliphatic heterocycles. The van der Waals surface area contributed by atoms with Gasteiger partial charge in [0, 0.05) is 19.6 Å². The quantitative estimate of drug-likeness (QED) is 0.293. The van der Waals surface area contributed by atoms with Crippen molar-refractivity contribution in [2.24, 2.45) is 12.5 Å². The molecule has 2 aromatic carbocycles. The molecule has 0 bridgehead atoms. The van der Waals surface area contributed by atoms with Gasteiger partial charge >= 0.3 is 0 Å². The largest absolute Gasteiger partial charge is 0.497 e. The van der Waals surface area contributed by atoms with Crippen LogP contribution in [0.4, 0.5) is 4.39 Å². The second-order valence-electron chi connectivity index (χ2n) is 11.4. The molecule has 1 fully saturated rings. The van der Waals surface area contributed by atoms with Gasteiger partial charge in [-0.3, -0.25) is 9.48 Å². The molecule has 2 heterocycles. The summed E-state index contributed by atoms with van der Waals surface area (Å²) in [5.41, 5.74) is 4.25. The van der Waals surface area contributed by atoms with E-state index < -0.39 is 21.5 Å². The van der Waals surface area contributed by atoms with E-state index in [4.69, 9.17) is 4.74 Å². The van der Waals surface area contributed by atoms with Crippen LogP contribution in [0.3, 0.4) is 0 Å². The van der Waals surface area contributed by atoms with E-state index in [1.165, 1.54) is 27.4 Å². The van der Waals surface area contributed by atoms with E-state index >= 15 is 0 Å². The van der Waals surface area contributed by atoms with Gasteiger partial charge in [-0.25, -0.2) is 22.5 Å². The lowest BCUT2D eigenvalue weighted by Gasteiger charge is -2.46. The standard InChI is InChI=1S/C31H33FN6O4S/c1-20-13-28(42-4)12-5-22(20)18-37(43(40,41)30-33-19-36(3)35-30)27-9-6-24-14-29-23(15-31(24,16-27)21(2)39)17-34-38(29)26-10-7-25(32)8-11-26/h5,7-8,10-14,17,19,27H,6,9,15-16,18H2,1-4H3/t27-,31+/m0/s1. The number of methoxy groups -OCH3 is 1. The highest BCUT2D eigenvalue weighted by Gasteiger charge is 2.50. The lowest BCUT2D eigenvalue weighted by Crippen LogP contribution is -2.50. The summed E-state index contributed by atoms with van der Waals surface area (Å²) in [4.78, 5) is 17.6. The van der Waals surface area contributed by atoms with Crippen molar-refractivity contribution in [3.8, 4) is 11.4 Å². The van der Waals surface area contributed by atoms with Crippen LogP contribution in [0.25, 0.3) is 11.8 Å². The molecule has 12 heteroatoms. The van der Waals surface area contributed by atoms with Gasteiger partial charge in [0.1, 0.15) is 23.7 Å². The highest BCUT2D eigenvalue weighted by Crippen LogP contribution is 2.50. The molecule has 4 aromatic rings. The number of hydrogen-bond donors (Lipinski definition) is 0. The van der Waals surface area contributed by atoms with Gasteiger partial charge in [-0.1, -0.05) is 11.6 Å². The Hall–Kier alpha value is -4.16. The average molecular weight is 605 g/mol. The van der Waals surface area contributed by atoms with Gasteiger partial charge in [0.25, 0.3) is 15.2 Å². The van der Waals surface area contributed by atoms with Gasteiger partial charge < -0.3 is 4.74 Å². The first-order valence-electron chi connectivity index (χ1n) is 14.1. The Bertz CT molecular complexity index is 1850. The predicted molar refractivity (Wildman–Crippen MR) is 157 cm³/mol. The van der Waals surface area contributed by atoms with E-state index in [0.29, 0.717) is 31.4 Å². The molecule has 0 spiro atoms. The smallest absolute Gasteiger partial charge is 0.282 e. The fraction of sp³-hybridized carbons (Fsp3) is 0.355. The number of nitrogens with zero attached hydrogens (tertiary/aromatic N) is 6. The highest BCUT2D eigenvalue weighted by atomic mass is 32.2. The molecule has 2 atom stereocenters. The summed E-state index contributed by atoms with van der Waals surface area (Å²) in [7, 11) is -0.904. The number of carbonyl (C=O) groups is 1. The normalized spacial score (nSPS) is 20.0. The molecule has 0 saturated heterocycles. The third-order valence-corrected chi connectivity index (χ3v) is 10.5. The molecule has 0 unspecified atom stereocenters. The summed E-state index contributed by atoms with van der Waals surface area (Å²) in [5.74, 6) is 0.337. The summed E-state index contributed by atoms with van der Waals surface area (Å²) in [6.45, 7) is 3.60. The van der Waals surface area contributed by atoms with Crippen LogP contribution >= 0.6 is 0 Å². The summed E-state index contributed by atoms with van der Waals surface area (Å²) in [5, 5.41) is 8.42. The molecule has 2 aliphatic rings. The Kier molecular flexibility index (Phi) is 7.29. The zero-order valence-electron chi connectivity index (χ0n) is 24.5.